The number of hydrogen-bond acceptors (Lipinski definition) is 2. The van der Waals surface area contributed by atoms with Gasteiger partial charge in [0.15, 0.2) is 4.80 Å². The molecule has 2 aromatic carbocycles. The van der Waals surface area contributed by atoms with Crippen LogP contribution >= 0.6 is 11.3 Å². The van der Waals surface area contributed by atoms with E-state index in [1.165, 1.54) is 15.5 Å². The molecule has 1 heterocycles. The van der Waals surface area contributed by atoms with Crippen LogP contribution < -0.4 is 4.80 Å². The van der Waals surface area contributed by atoms with Gasteiger partial charge in [-0.25, -0.2) is 0 Å². The maximum atomic E-state index is 11.5. The van der Waals surface area contributed by atoms with Gasteiger partial charge in [-0.1, -0.05) is 48.6 Å². The maximum Gasteiger partial charge on any atom is 0.248 e. The standard InChI is InChI=1S/C15H14N2OS/c1-3-13(18)16-15-17(2)12-9-8-10-6-4-5-7-11(10)14(12)19-15/h4-9H,3H2,1-2H3. The Labute approximate surface area is 114 Å². The van der Waals surface area contributed by atoms with E-state index in [9.17, 15) is 4.79 Å². The molecule has 0 bridgehead atoms. The lowest BCUT2D eigenvalue weighted by molar-refractivity contribution is -0.117. The van der Waals surface area contributed by atoms with Crippen LogP contribution in [0.4, 0.5) is 0 Å². The second kappa shape index (κ2) is 4.63. The Balaban J connectivity index is 2.40. The molecule has 3 rings (SSSR count). The summed E-state index contributed by atoms with van der Waals surface area (Å²) in [6.07, 6.45) is 0.439. The zero-order chi connectivity index (χ0) is 13.4. The summed E-state index contributed by atoms with van der Waals surface area (Å²) in [7, 11) is 1.95. The third kappa shape index (κ3) is 1.98. The van der Waals surface area contributed by atoms with Crippen molar-refractivity contribution in [2.45, 2.75) is 13.3 Å². The molecule has 3 aromatic rings. The van der Waals surface area contributed by atoms with Crippen molar-refractivity contribution in [2.24, 2.45) is 12.0 Å². The minimum Gasteiger partial charge on any atom is -0.319 e. The highest BCUT2D eigenvalue weighted by Gasteiger charge is 2.07. The van der Waals surface area contributed by atoms with Crippen LogP contribution in [0, 0.1) is 0 Å². The van der Waals surface area contributed by atoms with E-state index in [1.807, 2.05) is 30.7 Å². The van der Waals surface area contributed by atoms with E-state index >= 15 is 0 Å². The van der Waals surface area contributed by atoms with E-state index < -0.39 is 0 Å². The molecule has 96 valence electrons. The number of carbonyl (C=O) groups is 1. The molecule has 4 heteroatoms. The number of amides is 1. The molecule has 0 saturated carbocycles. The van der Waals surface area contributed by atoms with Crippen molar-refractivity contribution in [2.75, 3.05) is 0 Å². The Kier molecular flexibility index (Phi) is 2.95. The molecular formula is C15H14N2OS. The zero-order valence-electron chi connectivity index (χ0n) is 10.9. The van der Waals surface area contributed by atoms with Gasteiger partial charge in [-0.05, 0) is 11.5 Å². The minimum atomic E-state index is -0.0774. The highest BCUT2D eigenvalue weighted by molar-refractivity contribution is 7.17. The summed E-state index contributed by atoms with van der Waals surface area (Å²) in [5, 5.41) is 2.43. The molecule has 0 atom stereocenters. The van der Waals surface area contributed by atoms with Gasteiger partial charge in [0.05, 0.1) is 10.2 Å². The Bertz CT molecular complexity index is 842. The average molecular weight is 270 g/mol. The highest BCUT2D eigenvalue weighted by Crippen LogP contribution is 2.26. The lowest BCUT2D eigenvalue weighted by atomic mass is 10.1. The van der Waals surface area contributed by atoms with Gasteiger partial charge in [-0.15, -0.1) is 0 Å². The van der Waals surface area contributed by atoms with E-state index in [2.05, 4.69) is 29.3 Å². The van der Waals surface area contributed by atoms with Gasteiger partial charge in [-0.3, -0.25) is 4.79 Å². The van der Waals surface area contributed by atoms with Crippen LogP contribution in [0.3, 0.4) is 0 Å². The molecule has 0 unspecified atom stereocenters. The predicted octanol–water partition coefficient (Wildman–Crippen LogP) is 3.23. The first-order valence-corrected chi connectivity index (χ1v) is 7.07. The second-order valence-corrected chi connectivity index (χ2v) is 5.42. The molecule has 0 aliphatic heterocycles. The number of benzene rings is 2. The van der Waals surface area contributed by atoms with Crippen molar-refractivity contribution in [1.29, 1.82) is 0 Å². The van der Waals surface area contributed by atoms with Gasteiger partial charge in [0.25, 0.3) is 0 Å². The monoisotopic (exact) mass is 270 g/mol. The summed E-state index contributed by atoms with van der Waals surface area (Å²) in [6, 6.07) is 12.5. The summed E-state index contributed by atoms with van der Waals surface area (Å²) >= 11 is 1.57. The summed E-state index contributed by atoms with van der Waals surface area (Å²) in [4.78, 5) is 16.4. The van der Waals surface area contributed by atoms with Crippen LogP contribution in [0.1, 0.15) is 13.3 Å². The predicted molar refractivity (Wildman–Crippen MR) is 79.2 cm³/mol. The summed E-state index contributed by atoms with van der Waals surface area (Å²) < 4.78 is 3.17. The number of aromatic nitrogens is 1. The first-order valence-electron chi connectivity index (χ1n) is 6.25. The van der Waals surface area contributed by atoms with Gasteiger partial charge in [0, 0.05) is 18.9 Å². The fraction of sp³-hybridized carbons (Fsp3) is 0.200. The van der Waals surface area contributed by atoms with Crippen LogP contribution in [0.5, 0.6) is 0 Å². The number of rotatable bonds is 1. The van der Waals surface area contributed by atoms with E-state index in [-0.39, 0.29) is 5.91 Å². The normalized spacial score (nSPS) is 12.4. The molecule has 19 heavy (non-hydrogen) atoms. The number of carbonyl (C=O) groups excluding carboxylic acids is 1. The SMILES string of the molecule is CCC(=O)N=c1sc2c3ccccc3ccc2n1C. The summed E-state index contributed by atoms with van der Waals surface area (Å²) in [5.41, 5.74) is 1.12. The van der Waals surface area contributed by atoms with E-state index in [4.69, 9.17) is 0 Å². The molecule has 0 aliphatic rings. The van der Waals surface area contributed by atoms with Crippen LogP contribution in [0.15, 0.2) is 41.4 Å². The lowest BCUT2D eigenvalue weighted by Gasteiger charge is -1.99. The maximum absolute atomic E-state index is 11.5. The van der Waals surface area contributed by atoms with E-state index in [0.29, 0.717) is 6.42 Å². The molecule has 1 aromatic heterocycles. The van der Waals surface area contributed by atoms with E-state index in [1.54, 1.807) is 11.3 Å². The summed E-state index contributed by atoms with van der Waals surface area (Å²) in [5.74, 6) is -0.0774. The molecule has 1 amide bonds. The smallest absolute Gasteiger partial charge is 0.248 e. The molecule has 0 spiro atoms. The molecule has 0 saturated heterocycles. The third-order valence-corrected chi connectivity index (χ3v) is 4.40. The highest BCUT2D eigenvalue weighted by atomic mass is 32.1. The summed E-state index contributed by atoms with van der Waals surface area (Å²) in [6.45, 7) is 1.83. The minimum absolute atomic E-state index is 0.0774. The van der Waals surface area contributed by atoms with Crippen molar-refractivity contribution in [1.82, 2.24) is 4.57 Å². The molecular weight excluding hydrogens is 256 g/mol. The van der Waals surface area contributed by atoms with Gasteiger partial charge in [-0.2, -0.15) is 4.99 Å². The Hall–Kier alpha value is -1.94. The first-order chi connectivity index (χ1) is 9.20. The van der Waals surface area contributed by atoms with Crippen LogP contribution in [0.25, 0.3) is 21.0 Å². The number of hydrogen-bond donors (Lipinski definition) is 0. The number of aryl methyl sites for hydroxylation is 1. The van der Waals surface area contributed by atoms with Gasteiger partial charge < -0.3 is 4.57 Å². The first kappa shape index (κ1) is 12.1. The van der Waals surface area contributed by atoms with Crippen molar-refractivity contribution in [3.8, 4) is 0 Å². The average Bonchev–Trinajstić information content (AvgIpc) is 2.76. The van der Waals surface area contributed by atoms with E-state index in [0.717, 1.165) is 10.3 Å². The number of thiazole rings is 1. The van der Waals surface area contributed by atoms with Crippen molar-refractivity contribution >= 4 is 38.2 Å². The van der Waals surface area contributed by atoms with Gasteiger partial charge in [0.2, 0.25) is 5.91 Å². The van der Waals surface area contributed by atoms with Crippen molar-refractivity contribution < 1.29 is 4.79 Å². The molecule has 0 radical (unpaired) electrons. The van der Waals surface area contributed by atoms with Crippen LogP contribution in [-0.4, -0.2) is 10.5 Å². The Morgan fingerprint density at radius 3 is 2.84 bits per heavy atom. The Morgan fingerprint density at radius 1 is 1.26 bits per heavy atom. The zero-order valence-corrected chi connectivity index (χ0v) is 11.7. The van der Waals surface area contributed by atoms with Gasteiger partial charge in [0.1, 0.15) is 0 Å². The largest absolute Gasteiger partial charge is 0.319 e. The second-order valence-electron chi connectivity index (χ2n) is 4.44. The van der Waals surface area contributed by atoms with Gasteiger partial charge >= 0.3 is 0 Å². The van der Waals surface area contributed by atoms with Crippen molar-refractivity contribution in [3.05, 3.63) is 41.2 Å². The van der Waals surface area contributed by atoms with Crippen molar-refractivity contribution in [3.63, 3.8) is 0 Å². The number of fused-ring (bicyclic) bond motifs is 3. The van der Waals surface area contributed by atoms with Crippen LogP contribution in [-0.2, 0) is 11.8 Å². The topological polar surface area (TPSA) is 34.4 Å². The fourth-order valence-electron chi connectivity index (χ4n) is 2.15. The molecule has 0 aliphatic carbocycles. The fourth-order valence-corrected chi connectivity index (χ4v) is 3.32. The lowest BCUT2D eigenvalue weighted by Crippen LogP contribution is -2.12. The van der Waals surface area contributed by atoms with Crippen LogP contribution in [0.2, 0.25) is 0 Å². The third-order valence-electron chi connectivity index (χ3n) is 3.22. The molecule has 0 fully saturated rings. The quantitative estimate of drug-likeness (QED) is 0.668. The molecule has 0 N–H and O–H groups in total. The Morgan fingerprint density at radius 2 is 2.05 bits per heavy atom. The molecule has 3 nitrogen and oxygen atoms in total. The number of nitrogens with zero attached hydrogens (tertiary/aromatic N) is 2.